The minimum absolute atomic E-state index is 0.240. The first-order valence-electron chi connectivity index (χ1n) is 6.04. The second-order valence-corrected chi connectivity index (χ2v) is 5.10. The minimum Gasteiger partial charge on any atom is -0.444 e. The summed E-state index contributed by atoms with van der Waals surface area (Å²) in [5, 5.41) is 13.8. The average molecular weight is 348 g/mol. The third-order valence-corrected chi connectivity index (χ3v) is 3.27. The number of carbonyl (C=O) groups is 1. The largest absolute Gasteiger partial charge is 0.444 e. The SMILES string of the molecule is Cc1cc(NC(=O)c2ccc(Br)o2)ccc1-n1cnnn1. The molecule has 3 aromatic rings. The van der Waals surface area contributed by atoms with Gasteiger partial charge in [-0.2, -0.15) is 0 Å². The fourth-order valence-corrected chi connectivity index (χ4v) is 2.20. The van der Waals surface area contributed by atoms with Crippen molar-refractivity contribution in [3.05, 3.63) is 52.7 Å². The van der Waals surface area contributed by atoms with E-state index in [0.717, 1.165) is 11.3 Å². The predicted octanol–water partition coefficient (Wildman–Crippen LogP) is 2.58. The van der Waals surface area contributed by atoms with Crippen molar-refractivity contribution in [1.82, 2.24) is 20.2 Å². The van der Waals surface area contributed by atoms with E-state index < -0.39 is 0 Å². The van der Waals surface area contributed by atoms with Gasteiger partial charge in [0.25, 0.3) is 5.91 Å². The maximum absolute atomic E-state index is 12.0. The zero-order valence-corrected chi connectivity index (χ0v) is 12.5. The molecular formula is C13H10BrN5O2. The van der Waals surface area contributed by atoms with Gasteiger partial charge in [-0.05, 0) is 69.2 Å². The van der Waals surface area contributed by atoms with E-state index in [0.29, 0.717) is 10.4 Å². The monoisotopic (exact) mass is 347 g/mol. The normalized spacial score (nSPS) is 10.6. The molecule has 1 aromatic carbocycles. The van der Waals surface area contributed by atoms with E-state index in [1.807, 2.05) is 19.1 Å². The van der Waals surface area contributed by atoms with Crippen LogP contribution in [0.1, 0.15) is 16.1 Å². The fraction of sp³-hybridized carbons (Fsp3) is 0.0769. The first kappa shape index (κ1) is 13.5. The average Bonchev–Trinajstić information content (AvgIpc) is 3.10. The molecule has 7 nitrogen and oxygen atoms in total. The highest BCUT2D eigenvalue weighted by Gasteiger charge is 2.11. The highest BCUT2D eigenvalue weighted by Crippen LogP contribution is 2.20. The van der Waals surface area contributed by atoms with Gasteiger partial charge in [0.1, 0.15) is 6.33 Å². The van der Waals surface area contributed by atoms with Crippen molar-refractivity contribution in [3.63, 3.8) is 0 Å². The van der Waals surface area contributed by atoms with Crippen LogP contribution in [0.25, 0.3) is 5.69 Å². The highest BCUT2D eigenvalue weighted by molar-refractivity contribution is 9.10. The molecule has 0 aliphatic rings. The minimum atomic E-state index is -0.310. The molecule has 0 aliphatic carbocycles. The van der Waals surface area contributed by atoms with Crippen molar-refractivity contribution in [2.75, 3.05) is 5.32 Å². The standard InChI is InChI=1S/C13H10BrN5O2/c1-8-6-9(2-3-10(8)19-7-15-17-18-19)16-13(20)11-4-5-12(14)21-11/h2-7H,1H3,(H,16,20). The van der Waals surface area contributed by atoms with E-state index in [2.05, 4.69) is 36.8 Å². The zero-order valence-electron chi connectivity index (χ0n) is 10.9. The van der Waals surface area contributed by atoms with Crippen molar-refractivity contribution >= 4 is 27.5 Å². The third-order valence-electron chi connectivity index (χ3n) is 2.85. The summed E-state index contributed by atoms with van der Waals surface area (Å²) >= 11 is 3.16. The lowest BCUT2D eigenvalue weighted by atomic mass is 10.2. The molecule has 0 spiro atoms. The molecular weight excluding hydrogens is 338 g/mol. The molecule has 1 N–H and O–H groups in total. The van der Waals surface area contributed by atoms with E-state index in [1.165, 1.54) is 6.33 Å². The number of halogens is 1. The van der Waals surface area contributed by atoms with Crippen LogP contribution in [0.15, 0.2) is 45.7 Å². The van der Waals surface area contributed by atoms with Gasteiger partial charge in [-0.3, -0.25) is 4.79 Å². The van der Waals surface area contributed by atoms with Gasteiger partial charge >= 0.3 is 0 Å². The van der Waals surface area contributed by atoms with E-state index in [4.69, 9.17) is 4.42 Å². The lowest BCUT2D eigenvalue weighted by Gasteiger charge is -2.08. The Balaban J connectivity index is 1.81. The molecule has 0 unspecified atom stereocenters. The third kappa shape index (κ3) is 2.84. The number of rotatable bonds is 3. The summed E-state index contributed by atoms with van der Waals surface area (Å²) in [6.45, 7) is 1.91. The number of tetrazole rings is 1. The molecule has 3 rings (SSSR count). The van der Waals surface area contributed by atoms with E-state index in [9.17, 15) is 4.79 Å². The summed E-state index contributed by atoms with van der Waals surface area (Å²) in [5.41, 5.74) is 2.45. The summed E-state index contributed by atoms with van der Waals surface area (Å²) in [6, 6.07) is 8.72. The van der Waals surface area contributed by atoms with Crippen LogP contribution in [0.3, 0.4) is 0 Å². The van der Waals surface area contributed by atoms with Crippen molar-refractivity contribution in [1.29, 1.82) is 0 Å². The van der Waals surface area contributed by atoms with Crippen LogP contribution in [0.2, 0.25) is 0 Å². The highest BCUT2D eigenvalue weighted by atomic mass is 79.9. The quantitative estimate of drug-likeness (QED) is 0.786. The number of hydrogen-bond donors (Lipinski definition) is 1. The second-order valence-electron chi connectivity index (χ2n) is 4.31. The molecule has 0 radical (unpaired) electrons. The zero-order chi connectivity index (χ0) is 14.8. The van der Waals surface area contributed by atoms with Crippen LogP contribution in [0.4, 0.5) is 5.69 Å². The lowest BCUT2D eigenvalue weighted by Crippen LogP contribution is -2.11. The smallest absolute Gasteiger partial charge is 0.291 e. The van der Waals surface area contributed by atoms with E-state index in [-0.39, 0.29) is 11.7 Å². The Bertz CT molecular complexity index is 782. The number of hydrogen-bond acceptors (Lipinski definition) is 5. The molecule has 0 fully saturated rings. The molecule has 2 aromatic heterocycles. The van der Waals surface area contributed by atoms with Gasteiger partial charge in [-0.15, -0.1) is 5.10 Å². The predicted molar refractivity (Wildman–Crippen MR) is 78.3 cm³/mol. The van der Waals surface area contributed by atoms with Crippen molar-refractivity contribution in [3.8, 4) is 5.69 Å². The number of aryl methyl sites for hydroxylation is 1. The second kappa shape index (κ2) is 5.49. The summed E-state index contributed by atoms with van der Waals surface area (Å²) in [7, 11) is 0. The summed E-state index contributed by atoms with van der Waals surface area (Å²) in [6.07, 6.45) is 1.51. The molecule has 2 heterocycles. The fourth-order valence-electron chi connectivity index (χ4n) is 1.89. The van der Waals surface area contributed by atoms with E-state index >= 15 is 0 Å². The molecule has 0 saturated carbocycles. The first-order chi connectivity index (χ1) is 10.1. The number of amides is 1. The van der Waals surface area contributed by atoms with Crippen LogP contribution in [0.5, 0.6) is 0 Å². The molecule has 0 bridgehead atoms. The molecule has 1 amide bonds. The molecule has 0 atom stereocenters. The molecule has 21 heavy (non-hydrogen) atoms. The number of furan rings is 1. The summed E-state index contributed by atoms with van der Waals surface area (Å²) in [5.74, 6) is -0.0700. The maximum Gasteiger partial charge on any atom is 0.291 e. The molecule has 8 heteroatoms. The summed E-state index contributed by atoms with van der Waals surface area (Å²) in [4.78, 5) is 12.0. The molecule has 106 valence electrons. The van der Waals surface area contributed by atoms with Crippen LogP contribution in [-0.2, 0) is 0 Å². The van der Waals surface area contributed by atoms with Crippen LogP contribution in [-0.4, -0.2) is 26.1 Å². The maximum atomic E-state index is 12.0. The number of nitrogens with one attached hydrogen (secondary N) is 1. The van der Waals surface area contributed by atoms with Gasteiger partial charge in [0.05, 0.1) is 5.69 Å². The van der Waals surface area contributed by atoms with Gasteiger partial charge in [-0.25, -0.2) is 4.68 Å². The number of benzene rings is 1. The van der Waals surface area contributed by atoms with Gasteiger partial charge in [0.2, 0.25) is 0 Å². The Kier molecular flexibility index (Phi) is 3.53. The first-order valence-corrected chi connectivity index (χ1v) is 6.83. The Morgan fingerprint density at radius 2 is 2.19 bits per heavy atom. The Morgan fingerprint density at radius 3 is 2.81 bits per heavy atom. The summed E-state index contributed by atoms with van der Waals surface area (Å²) < 4.78 is 7.28. The number of carbonyl (C=O) groups excluding carboxylic acids is 1. The Labute approximate surface area is 128 Å². The van der Waals surface area contributed by atoms with Gasteiger partial charge in [0, 0.05) is 5.69 Å². The Hall–Kier alpha value is -2.48. The number of aromatic nitrogens is 4. The van der Waals surface area contributed by atoms with Gasteiger partial charge in [-0.1, -0.05) is 0 Å². The Morgan fingerprint density at radius 1 is 1.33 bits per heavy atom. The van der Waals surface area contributed by atoms with Crippen LogP contribution >= 0.6 is 15.9 Å². The molecule has 0 aliphatic heterocycles. The van der Waals surface area contributed by atoms with Crippen molar-refractivity contribution in [2.45, 2.75) is 6.92 Å². The van der Waals surface area contributed by atoms with Crippen molar-refractivity contribution < 1.29 is 9.21 Å². The van der Waals surface area contributed by atoms with Gasteiger partial charge < -0.3 is 9.73 Å². The van der Waals surface area contributed by atoms with Crippen LogP contribution in [0, 0.1) is 6.92 Å². The van der Waals surface area contributed by atoms with Gasteiger partial charge in [0.15, 0.2) is 10.4 Å². The molecule has 0 saturated heterocycles. The van der Waals surface area contributed by atoms with E-state index in [1.54, 1.807) is 22.9 Å². The number of anilines is 1. The lowest BCUT2D eigenvalue weighted by molar-refractivity contribution is 0.0995. The van der Waals surface area contributed by atoms with Crippen LogP contribution < -0.4 is 5.32 Å². The van der Waals surface area contributed by atoms with Crippen molar-refractivity contribution in [2.24, 2.45) is 0 Å². The topological polar surface area (TPSA) is 85.8 Å². The number of nitrogens with zero attached hydrogens (tertiary/aromatic N) is 4.